The van der Waals surface area contributed by atoms with Gasteiger partial charge < -0.3 is 14.2 Å². The Morgan fingerprint density at radius 3 is 1.57 bits per heavy atom. The fourth-order valence-corrected chi connectivity index (χ4v) is 4.35. The molecule has 0 N–H and O–H groups in total. The van der Waals surface area contributed by atoms with Crippen LogP contribution in [0.4, 0.5) is 13.2 Å². The summed E-state index contributed by atoms with van der Waals surface area (Å²) in [5, 5.41) is 0. The molecule has 3 nitrogen and oxygen atoms in total. The maximum atomic E-state index is 13.6. The van der Waals surface area contributed by atoms with Gasteiger partial charge in [0.15, 0.2) is 17.5 Å². The molecule has 0 saturated heterocycles. The normalized spacial score (nSPS) is 12.9. The fourth-order valence-electron chi connectivity index (χ4n) is 4.35. The Kier molecular flexibility index (Phi) is 17.4. The minimum atomic E-state index is -1.41. The third-order valence-electron chi connectivity index (χ3n) is 6.24. The van der Waals surface area contributed by atoms with E-state index in [1.807, 2.05) is 0 Å². The van der Waals surface area contributed by atoms with Crippen LogP contribution in [0.2, 0.25) is 0 Å². The Bertz CT molecular complexity index is 624. The summed E-state index contributed by atoms with van der Waals surface area (Å²) >= 11 is 0. The standard InChI is InChI=1S/C29H49F3O3/c1-5-9-10-11-12-13-17-25(29(33-19-6-2,34-20-7-3)35-21-8-4)18-15-14-16-24-22-26(30)28(32)27(31)23-24/h22-23,25H,5-21H2,1-4H3. The molecular weight excluding hydrogens is 453 g/mol. The second-order valence-corrected chi connectivity index (χ2v) is 9.52. The van der Waals surface area contributed by atoms with Crippen LogP contribution in [0, 0.1) is 23.4 Å². The van der Waals surface area contributed by atoms with Crippen molar-refractivity contribution in [1.29, 1.82) is 0 Å². The molecule has 1 rings (SSSR count). The van der Waals surface area contributed by atoms with Crippen LogP contribution in [0.25, 0.3) is 0 Å². The predicted molar refractivity (Wildman–Crippen MR) is 137 cm³/mol. The van der Waals surface area contributed by atoms with Crippen molar-refractivity contribution in [3.63, 3.8) is 0 Å². The third-order valence-corrected chi connectivity index (χ3v) is 6.24. The highest BCUT2D eigenvalue weighted by atomic mass is 19.2. The van der Waals surface area contributed by atoms with Gasteiger partial charge >= 0.3 is 0 Å². The van der Waals surface area contributed by atoms with Gasteiger partial charge in [0, 0.05) is 5.92 Å². The number of rotatable bonds is 22. The van der Waals surface area contributed by atoms with Crippen LogP contribution in [-0.2, 0) is 20.6 Å². The van der Waals surface area contributed by atoms with Crippen LogP contribution in [0.15, 0.2) is 12.1 Å². The molecule has 0 fully saturated rings. The number of ether oxygens (including phenoxy) is 3. The number of benzene rings is 1. The SMILES string of the molecule is CCCCCCCCC(CCCCc1cc(F)c(F)c(F)c1)C(OCCC)(OCCC)OCCC. The maximum absolute atomic E-state index is 13.6. The highest BCUT2D eigenvalue weighted by Gasteiger charge is 2.41. The van der Waals surface area contributed by atoms with Crippen molar-refractivity contribution in [2.45, 2.75) is 124 Å². The summed E-state index contributed by atoms with van der Waals surface area (Å²) in [5.41, 5.74) is 0.479. The topological polar surface area (TPSA) is 27.7 Å². The molecule has 1 aromatic carbocycles. The summed E-state index contributed by atoms with van der Waals surface area (Å²) in [4.78, 5) is 0. The van der Waals surface area contributed by atoms with Crippen LogP contribution in [0.3, 0.4) is 0 Å². The Hall–Kier alpha value is -1.11. The second kappa shape index (κ2) is 19.1. The smallest absolute Gasteiger partial charge is 0.285 e. The number of unbranched alkanes of at least 4 members (excludes halogenated alkanes) is 6. The first-order valence-corrected chi connectivity index (χ1v) is 14.0. The van der Waals surface area contributed by atoms with E-state index in [4.69, 9.17) is 14.2 Å². The van der Waals surface area contributed by atoms with E-state index in [-0.39, 0.29) is 5.92 Å². The summed E-state index contributed by atoms with van der Waals surface area (Å²) in [6.45, 7) is 10.1. The molecule has 0 amide bonds. The lowest BCUT2D eigenvalue weighted by molar-refractivity contribution is -0.406. The molecule has 0 aliphatic rings. The zero-order chi connectivity index (χ0) is 25.9. The first kappa shape index (κ1) is 31.9. The number of halogens is 3. The van der Waals surface area contributed by atoms with Gasteiger partial charge in [0.1, 0.15) is 0 Å². The van der Waals surface area contributed by atoms with Crippen LogP contribution in [-0.4, -0.2) is 25.8 Å². The van der Waals surface area contributed by atoms with Gasteiger partial charge in [0.05, 0.1) is 19.8 Å². The van der Waals surface area contributed by atoms with Crippen molar-refractivity contribution >= 4 is 0 Å². The lowest BCUT2D eigenvalue weighted by Gasteiger charge is -2.40. The molecule has 0 saturated carbocycles. The van der Waals surface area contributed by atoms with E-state index in [9.17, 15) is 13.2 Å². The zero-order valence-corrected chi connectivity index (χ0v) is 22.6. The summed E-state index contributed by atoms with van der Waals surface area (Å²) in [6, 6.07) is 2.19. The predicted octanol–water partition coefficient (Wildman–Crippen LogP) is 9.12. The quantitative estimate of drug-likeness (QED) is 0.0899. The number of hydrogen-bond acceptors (Lipinski definition) is 3. The highest BCUT2D eigenvalue weighted by molar-refractivity contribution is 5.19. The summed E-state index contributed by atoms with van der Waals surface area (Å²) < 4.78 is 59.4. The van der Waals surface area contributed by atoms with E-state index in [1.54, 1.807) is 0 Å². The lowest BCUT2D eigenvalue weighted by atomic mass is 9.91. The first-order valence-electron chi connectivity index (χ1n) is 14.0. The van der Waals surface area contributed by atoms with Gasteiger partial charge in [0.25, 0.3) is 5.97 Å². The van der Waals surface area contributed by atoms with Gasteiger partial charge in [-0.3, -0.25) is 0 Å². The van der Waals surface area contributed by atoms with Gasteiger partial charge in [-0.15, -0.1) is 0 Å². The molecule has 1 atom stereocenters. The molecule has 0 heterocycles. The fraction of sp³-hybridized carbons (Fsp3) is 0.793. The van der Waals surface area contributed by atoms with Crippen molar-refractivity contribution in [2.75, 3.05) is 19.8 Å². The average Bonchev–Trinajstić information content (AvgIpc) is 2.85. The van der Waals surface area contributed by atoms with E-state index < -0.39 is 23.4 Å². The van der Waals surface area contributed by atoms with E-state index >= 15 is 0 Å². The molecular formula is C29H49F3O3. The molecule has 204 valence electrons. The molecule has 6 heteroatoms. The van der Waals surface area contributed by atoms with E-state index in [2.05, 4.69) is 27.7 Å². The van der Waals surface area contributed by atoms with Crippen molar-refractivity contribution in [3.8, 4) is 0 Å². The van der Waals surface area contributed by atoms with Crippen LogP contribution in [0.1, 0.15) is 117 Å². The van der Waals surface area contributed by atoms with Gasteiger partial charge in [-0.05, 0) is 62.6 Å². The van der Waals surface area contributed by atoms with E-state index in [1.165, 1.54) is 32.1 Å². The summed E-state index contributed by atoms with van der Waals surface area (Å²) in [7, 11) is 0. The third kappa shape index (κ3) is 12.1. The Morgan fingerprint density at radius 1 is 0.629 bits per heavy atom. The van der Waals surface area contributed by atoms with Crippen LogP contribution < -0.4 is 0 Å². The van der Waals surface area contributed by atoms with Gasteiger partial charge in [-0.1, -0.05) is 72.6 Å². The lowest BCUT2D eigenvalue weighted by Crippen LogP contribution is -2.47. The largest absolute Gasteiger partial charge is 0.327 e. The monoisotopic (exact) mass is 502 g/mol. The number of hydrogen-bond donors (Lipinski definition) is 0. The number of aryl methyl sites for hydroxylation is 1. The molecule has 1 aromatic rings. The molecule has 0 bridgehead atoms. The maximum Gasteiger partial charge on any atom is 0.285 e. The molecule has 0 spiro atoms. The molecule has 0 radical (unpaired) electrons. The van der Waals surface area contributed by atoms with E-state index in [0.29, 0.717) is 31.8 Å². The van der Waals surface area contributed by atoms with Gasteiger partial charge in [0.2, 0.25) is 0 Å². The second-order valence-electron chi connectivity index (χ2n) is 9.52. The molecule has 1 unspecified atom stereocenters. The Morgan fingerprint density at radius 2 is 1.09 bits per heavy atom. The summed E-state index contributed by atoms with van der Waals surface area (Å²) in [6.07, 6.45) is 13.7. The van der Waals surface area contributed by atoms with Crippen LogP contribution in [0.5, 0.6) is 0 Å². The summed E-state index contributed by atoms with van der Waals surface area (Å²) in [5.74, 6) is -4.66. The van der Waals surface area contributed by atoms with Crippen molar-refractivity contribution in [2.24, 2.45) is 5.92 Å². The van der Waals surface area contributed by atoms with E-state index in [0.717, 1.165) is 63.5 Å². The minimum Gasteiger partial charge on any atom is -0.327 e. The first-order chi connectivity index (χ1) is 16.9. The highest BCUT2D eigenvalue weighted by Crippen LogP contribution is 2.35. The van der Waals surface area contributed by atoms with Crippen LogP contribution >= 0.6 is 0 Å². The van der Waals surface area contributed by atoms with Crippen molar-refractivity contribution < 1.29 is 27.4 Å². The van der Waals surface area contributed by atoms with Crippen molar-refractivity contribution in [3.05, 3.63) is 35.1 Å². The van der Waals surface area contributed by atoms with Gasteiger partial charge in [-0.25, -0.2) is 13.2 Å². The average molecular weight is 503 g/mol. The van der Waals surface area contributed by atoms with Gasteiger partial charge in [-0.2, -0.15) is 0 Å². The Labute approximate surface area is 212 Å². The minimum absolute atomic E-state index is 0.0695. The zero-order valence-electron chi connectivity index (χ0n) is 22.6. The molecule has 35 heavy (non-hydrogen) atoms. The molecule has 0 aromatic heterocycles. The van der Waals surface area contributed by atoms with Crippen molar-refractivity contribution in [1.82, 2.24) is 0 Å². The Balaban J connectivity index is 2.89. The molecule has 0 aliphatic carbocycles. The molecule has 0 aliphatic heterocycles.